The third kappa shape index (κ3) is 2.73. The molecule has 2 rings (SSSR count). The topological polar surface area (TPSA) is 50.1 Å². The number of hydrogen-bond donors (Lipinski definition) is 0. The number of benzene rings is 1. The van der Waals surface area contributed by atoms with Crippen molar-refractivity contribution < 1.29 is 9.53 Å². The van der Waals surface area contributed by atoms with E-state index in [0.29, 0.717) is 0 Å². The molecule has 0 aromatic heterocycles. The molecule has 17 heavy (non-hydrogen) atoms. The standard InChI is InChI=1S/C14H13NO2/c1-17-13-6-2-10(3-7-13)8-12(9-15)14(16)11-4-5-11/h2-3,6-8,11H,4-5H2,1H3. The Balaban J connectivity index is 2.20. The van der Waals surface area contributed by atoms with Gasteiger partial charge in [0.15, 0.2) is 5.78 Å². The van der Waals surface area contributed by atoms with E-state index >= 15 is 0 Å². The highest BCUT2D eigenvalue weighted by molar-refractivity contribution is 6.05. The Morgan fingerprint density at radius 1 is 1.41 bits per heavy atom. The van der Waals surface area contributed by atoms with E-state index in [4.69, 9.17) is 10.00 Å². The first-order valence-corrected chi connectivity index (χ1v) is 5.54. The molecule has 86 valence electrons. The Bertz CT molecular complexity index is 490. The molecule has 0 unspecified atom stereocenters. The summed E-state index contributed by atoms with van der Waals surface area (Å²) in [6.07, 6.45) is 3.47. The van der Waals surface area contributed by atoms with Gasteiger partial charge in [0, 0.05) is 5.92 Å². The van der Waals surface area contributed by atoms with E-state index in [9.17, 15) is 4.79 Å². The van der Waals surface area contributed by atoms with Crippen LogP contribution in [0.25, 0.3) is 6.08 Å². The van der Waals surface area contributed by atoms with Gasteiger partial charge in [-0.3, -0.25) is 4.79 Å². The van der Waals surface area contributed by atoms with Crippen LogP contribution in [0.5, 0.6) is 5.75 Å². The van der Waals surface area contributed by atoms with Gasteiger partial charge in [-0.15, -0.1) is 0 Å². The maximum Gasteiger partial charge on any atom is 0.176 e. The zero-order chi connectivity index (χ0) is 12.3. The number of hydrogen-bond acceptors (Lipinski definition) is 3. The summed E-state index contributed by atoms with van der Waals surface area (Å²) in [6, 6.07) is 9.26. The lowest BCUT2D eigenvalue weighted by Gasteiger charge is -2.00. The first-order chi connectivity index (χ1) is 8.24. The maximum absolute atomic E-state index is 11.7. The van der Waals surface area contributed by atoms with Gasteiger partial charge in [0.2, 0.25) is 0 Å². The van der Waals surface area contributed by atoms with Gasteiger partial charge in [-0.2, -0.15) is 5.26 Å². The molecule has 0 heterocycles. The lowest BCUT2D eigenvalue weighted by Crippen LogP contribution is -2.02. The third-order valence-electron chi connectivity index (χ3n) is 2.76. The van der Waals surface area contributed by atoms with Crippen molar-refractivity contribution in [2.75, 3.05) is 7.11 Å². The molecule has 3 nitrogen and oxygen atoms in total. The van der Waals surface area contributed by atoms with Crippen LogP contribution in [-0.4, -0.2) is 12.9 Å². The number of nitrogens with zero attached hydrogens (tertiary/aromatic N) is 1. The molecule has 1 aliphatic carbocycles. The molecule has 0 saturated heterocycles. The Labute approximate surface area is 100 Å². The van der Waals surface area contributed by atoms with Crippen molar-refractivity contribution >= 4 is 11.9 Å². The Hall–Kier alpha value is -2.08. The number of nitriles is 1. The van der Waals surface area contributed by atoms with E-state index in [0.717, 1.165) is 24.2 Å². The zero-order valence-corrected chi connectivity index (χ0v) is 9.64. The molecule has 0 amide bonds. The molecule has 0 bridgehead atoms. The lowest BCUT2D eigenvalue weighted by molar-refractivity contribution is -0.116. The summed E-state index contributed by atoms with van der Waals surface area (Å²) in [6.45, 7) is 0. The van der Waals surface area contributed by atoms with Gasteiger partial charge in [0.25, 0.3) is 0 Å². The highest BCUT2D eigenvalue weighted by Crippen LogP contribution is 2.32. The molecule has 0 aliphatic heterocycles. The summed E-state index contributed by atoms with van der Waals surface area (Å²) in [7, 11) is 1.60. The first-order valence-electron chi connectivity index (χ1n) is 5.54. The van der Waals surface area contributed by atoms with Crippen LogP contribution in [0.1, 0.15) is 18.4 Å². The van der Waals surface area contributed by atoms with Crippen LogP contribution in [-0.2, 0) is 4.79 Å². The number of ketones is 1. The molecule has 1 saturated carbocycles. The van der Waals surface area contributed by atoms with Crippen molar-refractivity contribution in [1.82, 2.24) is 0 Å². The SMILES string of the molecule is COc1ccc(C=C(C#N)C(=O)C2CC2)cc1. The molecule has 0 radical (unpaired) electrons. The van der Waals surface area contributed by atoms with Crippen LogP contribution >= 0.6 is 0 Å². The molecule has 1 aliphatic rings. The Morgan fingerprint density at radius 2 is 2.06 bits per heavy atom. The average molecular weight is 227 g/mol. The predicted molar refractivity (Wildman–Crippen MR) is 64.3 cm³/mol. The quantitative estimate of drug-likeness (QED) is 0.586. The first kappa shape index (κ1) is 11.4. The number of carbonyl (C=O) groups excluding carboxylic acids is 1. The van der Waals surface area contributed by atoms with Gasteiger partial charge in [-0.05, 0) is 36.6 Å². The Kier molecular flexibility index (Phi) is 3.24. The Morgan fingerprint density at radius 3 is 2.53 bits per heavy atom. The lowest BCUT2D eigenvalue weighted by atomic mass is 10.1. The van der Waals surface area contributed by atoms with Crippen LogP contribution in [0.2, 0.25) is 0 Å². The normalized spacial score (nSPS) is 15.2. The fraction of sp³-hybridized carbons (Fsp3) is 0.286. The van der Waals surface area contributed by atoms with Crippen molar-refractivity contribution in [3.05, 3.63) is 35.4 Å². The van der Waals surface area contributed by atoms with E-state index < -0.39 is 0 Å². The number of carbonyl (C=O) groups is 1. The van der Waals surface area contributed by atoms with E-state index in [1.54, 1.807) is 13.2 Å². The minimum Gasteiger partial charge on any atom is -0.497 e. The summed E-state index contributed by atoms with van der Waals surface area (Å²) < 4.78 is 5.04. The van der Waals surface area contributed by atoms with Gasteiger partial charge < -0.3 is 4.74 Å². The molecule has 0 N–H and O–H groups in total. The smallest absolute Gasteiger partial charge is 0.176 e. The van der Waals surface area contributed by atoms with Gasteiger partial charge in [-0.25, -0.2) is 0 Å². The fourth-order valence-corrected chi connectivity index (χ4v) is 1.59. The minimum atomic E-state index is -0.0247. The summed E-state index contributed by atoms with van der Waals surface area (Å²) in [5.74, 6) is 0.816. The van der Waals surface area contributed by atoms with Crippen molar-refractivity contribution in [2.24, 2.45) is 5.92 Å². The third-order valence-corrected chi connectivity index (χ3v) is 2.76. The molecular formula is C14H13NO2. The summed E-state index contributed by atoms with van der Waals surface area (Å²) in [5.41, 5.74) is 1.09. The molecule has 0 spiro atoms. The predicted octanol–water partition coefficient (Wildman–Crippen LogP) is 2.58. The molecular weight excluding hydrogens is 214 g/mol. The van der Waals surface area contributed by atoms with E-state index in [2.05, 4.69) is 0 Å². The number of ether oxygens (including phenoxy) is 1. The highest BCUT2D eigenvalue weighted by Gasteiger charge is 2.31. The van der Waals surface area contributed by atoms with E-state index in [1.165, 1.54) is 0 Å². The van der Waals surface area contributed by atoms with Crippen molar-refractivity contribution in [1.29, 1.82) is 5.26 Å². The highest BCUT2D eigenvalue weighted by atomic mass is 16.5. The summed E-state index contributed by atoms with van der Waals surface area (Å²) in [4.78, 5) is 11.7. The van der Waals surface area contributed by atoms with Gasteiger partial charge >= 0.3 is 0 Å². The second-order valence-corrected chi connectivity index (χ2v) is 4.08. The van der Waals surface area contributed by atoms with Crippen LogP contribution in [0.15, 0.2) is 29.8 Å². The average Bonchev–Trinajstić information content (AvgIpc) is 3.20. The number of rotatable bonds is 4. The second-order valence-electron chi connectivity index (χ2n) is 4.08. The van der Waals surface area contributed by atoms with Crippen molar-refractivity contribution in [3.63, 3.8) is 0 Å². The zero-order valence-electron chi connectivity index (χ0n) is 9.64. The van der Waals surface area contributed by atoms with Crippen LogP contribution < -0.4 is 4.74 Å². The van der Waals surface area contributed by atoms with Crippen molar-refractivity contribution in [3.8, 4) is 11.8 Å². The molecule has 1 aromatic carbocycles. The van der Waals surface area contributed by atoms with Gasteiger partial charge in [0.1, 0.15) is 11.8 Å². The van der Waals surface area contributed by atoms with E-state index in [-0.39, 0.29) is 17.3 Å². The van der Waals surface area contributed by atoms with E-state index in [1.807, 2.05) is 30.3 Å². The minimum absolute atomic E-state index is 0.0247. The second kappa shape index (κ2) is 4.84. The van der Waals surface area contributed by atoms with Gasteiger partial charge in [0.05, 0.1) is 12.7 Å². The molecule has 1 aromatic rings. The summed E-state index contributed by atoms with van der Waals surface area (Å²) in [5, 5.41) is 8.97. The fourth-order valence-electron chi connectivity index (χ4n) is 1.59. The monoisotopic (exact) mass is 227 g/mol. The van der Waals surface area contributed by atoms with Crippen LogP contribution in [0.3, 0.4) is 0 Å². The van der Waals surface area contributed by atoms with Crippen LogP contribution in [0.4, 0.5) is 0 Å². The van der Waals surface area contributed by atoms with Crippen LogP contribution in [0, 0.1) is 17.2 Å². The molecule has 0 atom stereocenters. The van der Waals surface area contributed by atoms with Crippen molar-refractivity contribution in [2.45, 2.75) is 12.8 Å². The molecule has 1 fully saturated rings. The number of allylic oxidation sites excluding steroid dienone is 1. The number of Topliss-reactive ketones (excluding diaryl/α,β-unsaturated/α-hetero) is 1. The largest absolute Gasteiger partial charge is 0.497 e. The molecule has 3 heteroatoms. The number of methoxy groups -OCH3 is 1. The summed E-state index contributed by atoms with van der Waals surface area (Å²) >= 11 is 0. The maximum atomic E-state index is 11.7. The van der Waals surface area contributed by atoms with Gasteiger partial charge in [-0.1, -0.05) is 12.1 Å².